The molecule has 1 N–H and O–H groups in total. The number of nitrogens with zero attached hydrogens (tertiary/aromatic N) is 5. The summed E-state index contributed by atoms with van der Waals surface area (Å²) in [6.07, 6.45) is 6.50. The molecule has 0 saturated carbocycles. The van der Waals surface area contributed by atoms with Crippen LogP contribution in [0.5, 0.6) is 5.75 Å². The second-order valence-electron chi connectivity index (χ2n) is 7.45. The summed E-state index contributed by atoms with van der Waals surface area (Å²) in [6, 6.07) is 6.65. The maximum Gasteiger partial charge on any atom is 0.387 e. The van der Waals surface area contributed by atoms with Crippen LogP contribution in [0.25, 0.3) is 0 Å². The van der Waals surface area contributed by atoms with Gasteiger partial charge in [-0.2, -0.15) is 8.78 Å². The number of aryl methyl sites for hydroxylation is 2. The lowest BCUT2D eigenvalue weighted by Crippen LogP contribution is -2.39. The average molecular weight is 548 g/mol. The molecule has 0 fully saturated rings. The summed E-state index contributed by atoms with van der Waals surface area (Å²) >= 11 is 0. The number of halogens is 3. The Hall–Kier alpha value is -1.98. The number of hydrogen-bond acceptors (Lipinski definition) is 4. The molecule has 7 nitrogen and oxygen atoms in total. The lowest BCUT2D eigenvalue weighted by molar-refractivity contribution is -0.0498. The van der Waals surface area contributed by atoms with Crippen molar-refractivity contribution < 1.29 is 13.5 Å². The van der Waals surface area contributed by atoms with E-state index in [-0.39, 0.29) is 29.7 Å². The van der Waals surface area contributed by atoms with Crippen LogP contribution in [0.1, 0.15) is 42.9 Å². The Kier molecular flexibility index (Phi) is 10.4. The van der Waals surface area contributed by atoms with Crippen molar-refractivity contribution in [2.75, 3.05) is 20.6 Å². The second-order valence-corrected chi connectivity index (χ2v) is 7.45. The third-order valence-electron chi connectivity index (χ3n) is 5.19. The monoisotopic (exact) mass is 548 g/mol. The number of aliphatic imine (C=N–C) groups is 1. The van der Waals surface area contributed by atoms with Gasteiger partial charge in [0.1, 0.15) is 17.4 Å². The fourth-order valence-electron chi connectivity index (χ4n) is 3.69. The van der Waals surface area contributed by atoms with Crippen molar-refractivity contribution in [3.8, 4) is 5.75 Å². The topological polar surface area (TPSA) is 67.6 Å². The molecule has 172 valence electrons. The predicted molar refractivity (Wildman–Crippen MR) is 127 cm³/mol. The minimum Gasteiger partial charge on any atom is -0.435 e. The molecule has 0 radical (unpaired) electrons. The Morgan fingerprint density at radius 2 is 2.00 bits per heavy atom. The van der Waals surface area contributed by atoms with Gasteiger partial charge in [0.25, 0.3) is 0 Å². The van der Waals surface area contributed by atoms with Crippen molar-refractivity contribution in [3.05, 3.63) is 41.5 Å². The molecule has 0 bridgehead atoms. The SMILES string of the molecule is CN=C(NCCCc1nnc2n1CCCCC2)N(C)Cc1ccc(OC(F)F)cc1.I. The summed E-state index contributed by atoms with van der Waals surface area (Å²) in [7, 11) is 3.69. The summed E-state index contributed by atoms with van der Waals surface area (Å²) in [4.78, 5) is 6.32. The van der Waals surface area contributed by atoms with Gasteiger partial charge in [0.05, 0.1) is 0 Å². The first-order chi connectivity index (χ1) is 14.6. The summed E-state index contributed by atoms with van der Waals surface area (Å²) in [5.74, 6) is 3.13. The number of ether oxygens (including phenoxy) is 1. The Morgan fingerprint density at radius 1 is 1.23 bits per heavy atom. The maximum atomic E-state index is 12.3. The van der Waals surface area contributed by atoms with E-state index in [1.807, 2.05) is 11.9 Å². The standard InChI is InChI=1S/C21H30F2N6O.HI/c1-24-21(28(2)15-16-9-11-17(12-10-16)30-20(22)23)25-13-6-8-19-27-26-18-7-4-3-5-14-29(18)19;/h9-12,20H,3-8,13-15H2,1-2H3,(H,24,25);1H. The van der Waals surface area contributed by atoms with Crippen molar-refractivity contribution >= 4 is 29.9 Å². The molecule has 0 aliphatic carbocycles. The number of fused-ring (bicyclic) bond motifs is 1. The van der Waals surface area contributed by atoms with Crippen LogP contribution in [0.2, 0.25) is 0 Å². The van der Waals surface area contributed by atoms with Crippen LogP contribution in [0.4, 0.5) is 8.78 Å². The summed E-state index contributed by atoms with van der Waals surface area (Å²) < 4.78 is 31.2. The van der Waals surface area contributed by atoms with Crippen molar-refractivity contribution in [3.63, 3.8) is 0 Å². The van der Waals surface area contributed by atoms with Crippen molar-refractivity contribution in [1.29, 1.82) is 0 Å². The molecule has 0 spiro atoms. The van der Waals surface area contributed by atoms with Gasteiger partial charge in [-0.05, 0) is 37.0 Å². The van der Waals surface area contributed by atoms with Crippen LogP contribution < -0.4 is 10.1 Å². The molecule has 3 rings (SSSR count). The summed E-state index contributed by atoms with van der Waals surface area (Å²) in [6.45, 7) is -0.405. The zero-order chi connectivity index (χ0) is 21.3. The summed E-state index contributed by atoms with van der Waals surface area (Å²) in [5, 5.41) is 12.1. The van der Waals surface area contributed by atoms with E-state index in [2.05, 4.69) is 29.8 Å². The average Bonchev–Trinajstić information content (AvgIpc) is 2.95. The van der Waals surface area contributed by atoms with Crippen LogP contribution in [-0.4, -0.2) is 52.9 Å². The van der Waals surface area contributed by atoms with Gasteiger partial charge in [0.2, 0.25) is 0 Å². The van der Waals surface area contributed by atoms with Gasteiger partial charge in [-0.25, -0.2) is 0 Å². The molecule has 1 aromatic carbocycles. The molecule has 31 heavy (non-hydrogen) atoms. The molecule has 1 aliphatic rings. The lowest BCUT2D eigenvalue weighted by atomic mass is 10.2. The van der Waals surface area contributed by atoms with Gasteiger partial charge in [0.15, 0.2) is 5.96 Å². The van der Waals surface area contributed by atoms with Gasteiger partial charge in [-0.1, -0.05) is 18.6 Å². The first-order valence-corrected chi connectivity index (χ1v) is 10.4. The van der Waals surface area contributed by atoms with Crippen LogP contribution >= 0.6 is 24.0 Å². The lowest BCUT2D eigenvalue weighted by Gasteiger charge is -2.22. The number of aromatic nitrogens is 3. The molecule has 1 aliphatic heterocycles. The Labute approximate surface area is 199 Å². The van der Waals surface area contributed by atoms with Gasteiger partial charge >= 0.3 is 6.61 Å². The number of alkyl halides is 2. The van der Waals surface area contributed by atoms with Crippen LogP contribution in [0.15, 0.2) is 29.3 Å². The number of hydrogen-bond donors (Lipinski definition) is 1. The van der Waals surface area contributed by atoms with E-state index in [9.17, 15) is 8.78 Å². The molecule has 10 heteroatoms. The van der Waals surface area contributed by atoms with E-state index in [1.54, 1.807) is 31.3 Å². The molecule has 0 atom stereocenters. The normalized spacial score (nSPS) is 13.9. The zero-order valence-electron chi connectivity index (χ0n) is 18.1. The van der Waals surface area contributed by atoms with E-state index >= 15 is 0 Å². The fourth-order valence-corrected chi connectivity index (χ4v) is 3.69. The van der Waals surface area contributed by atoms with Crippen molar-refractivity contribution in [2.45, 2.75) is 58.2 Å². The highest BCUT2D eigenvalue weighted by atomic mass is 127. The Bertz CT molecular complexity index is 828. The fraction of sp³-hybridized carbons (Fsp3) is 0.571. The minimum absolute atomic E-state index is 0. The Morgan fingerprint density at radius 3 is 2.71 bits per heavy atom. The smallest absolute Gasteiger partial charge is 0.387 e. The van der Waals surface area contributed by atoms with Crippen LogP contribution in [0, 0.1) is 0 Å². The third kappa shape index (κ3) is 7.58. The van der Waals surface area contributed by atoms with E-state index in [0.717, 1.165) is 55.5 Å². The largest absolute Gasteiger partial charge is 0.435 e. The second kappa shape index (κ2) is 12.8. The molecule has 1 aromatic heterocycles. The quantitative estimate of drug-likeness (QED) is 0.235. The molecule has 0 unspecified atom stereocenters. The number of rotatable bonds is 8. The highest BCUT2D eigenvalue weighted by Crippen LogP contribution is 2.16. The first-order valence-electron chi connectivity index (χ1n) is 10.4. The molecule has 0 saturated heterocycles. The molecular formula is C21H31F2IN6O. The van der Waals surface area contributed by atoms with E-state index in [4.69, 9.17) is 0 Å². The van der Waals surface area contributed by atoms with Gasteiger partial charge in [-0.15, -0.1) is 34.2 Å². The van der Waals surface area contributed by atoms with Gasteiger partial charge < -0.3 is 19.5 Å². The van der Waals surface area contributed by atoms with Crippen LogP contribution in [0.3, 0.4) is 0 Å². The van der Waals surface area contributed by atoms with Gasteiger partial charge in [-0.3, -0.25) is 4.99 Å². The van der Waals surface area contributed by atoms with Gasteiger partial charge in [0, 0.05) is 46.6 Å². The predicted octanol–water partition coefficient (Wildman–Crippen LogP) is 3.86. The molecular weight excluding hydrogens is 517 g/mol. The minimum atomic E-state index is -2.81. The van der Waals surface area contributed by atoms with Crippen LogP contribution in [-0.2, 0) is 25.9 Å². The van der Waals surface area contributed by atoms with Crippen molar-refractivity contribution in [2.24, 2.45) is 4.99 Å². The first kappa shape index (κ1) is 25.3. The highest BCUT2D eigenvalue weighted by Gasteiger charge is 2.14. The summed E-state index contributed by atoms with van der Waals surface area (Å²) in [5.41, 5.74) is 0.980. The molecule has 2 aromatic rings. The van der Waals surface area contributed by atoms with Crippen molar-refractivity contribution in [1.82, 2.24) is 25.0 Å². The van der Waals surface area contributed by atoms with E-state index in [1.165, 1.54) is 19.3 Å². The molecule has 0 amide bonds. The highest BCUT2D eigenvalue weighted by molar-refractivity contribution is 14.0. The zero-order valence-corrected chi connectivity index (χ0v) is 20.4. The van der Waals surface area contributed by atoms with E-state index in [0.29, 0.717) is 6.54 Å². The third-order valence-corrected chi connectivity index (χ3v) is 5.19. The maximum absolute atomic E-state index is 12.3. The number of nitrogens with one attached hydrogen (secondary N) is 1. The number of guanidine groups is 1. The van der Waals surface area contributed by atoms with E-state index < -0.39 is 6.61 Å². The Balaban J connectivity index is 0.00000341. The number of benzene rings is 1. The molecule has 2 heterocycles.